The first-order valence-corrected chi connectivity index (χ1v) is 5.67. The highest BCUT2D eigenvalue weighted by Gasteiger charge is 2.14. The van der Waals surface area contributed by atoms with E-state index in [-0.39, 0.29) is 18.1 Å². The first-order valence-electron chi connectivity index (χ1n) is 5.67. The Hall–Kier alpha value is -2.23. The van der Waals surface area contributed by atoms with Crippen LogP contribution in [0.15, 0.2) is 36.4 Å². The zero-order valence-corrected chi connectivity index (χ0v) is 10.4. The lowest BCUT2D eigenvalue weighted by Crippen LogP contribution is -2.24. The van der Waals surface area contributed by atoms with E-state index < -0.39 is 0 Å². The number of Topliss-reactive ketones (excluding diaryl/α,β-unsaturated/α-hetero) is 1. The van der Waals surface area contributed by atoms with E-state index in [1.54, 1.807) is 20.2 Å². The average molecular weight is 242 g/mol. The summed E-state index contributed by atoms with van der Waals surface area (Å²) in [6.07, 6.45) is -0.141. The molecule has 1 heterocycles. The number of nitrogens with zero attached hydrogens (tertiary/aromatic N) is 2. The van der Waals surface area contributed by atoms with Crippen LogP contribution >= 0.6 is 0 Å². The highest BCUT2D eigenvalue weighted by Crippen LogP contribution is 2.12. The number of hydrogen-bond acceptors (Lipinski definition) is 3. The zero-order chi connectivity index (χ0) is 13.1. The van der Waals surface area contributed by atoms with Crippen molar-refractivity contribution in [1.29, 1.82) is 0 Å². The quantitative estimate of drug-likeness (QED) is 0.610. The Balaban J connectivity index is 2.26. The maximum Gasteiger partial charge on any atom is 0.229 e. The van der Waals surface area contributed by atoms with Gasteiger partial charge in [0.25, 0.3) is 0 Å². The van der Waals surface area contributed by atoms with Crippen LogP contribution in [-0.4, -0.2) is 35.7 Å². The van der Waals surface area contributed by atoms with Gasteiger partial charge in [-0.3, -0.25) is 9.59 Å². The fraction of sp³-hybridized carbons (Fsp3) is 0.214. The van der Waals surface area contributed by atoms with Gasteiger partial charge in [-0.1, -0.05) is 24.3 Å². The van der Waals surface area contributed by atoms with E-state index in [0.717, 1.165) is 10.9 Å². The van der Waals surface area contributed by atoms with Crippen LogP contribution < -0.4 is 0 Å². The van der Waals surface area contributed by atoms with Crippen LogP contribution in [-0.2, 0) is 4.79 Å². The third-order valence-corrected chi connectivity index (χ3v) is 2.69. The Morgan fingerprint density at radius 3 is 2.56 bits per heavy atom. The summed E-state index contributed by atoms with van der Waals surface area (Å²) in [5.41, 5.74) is 1.10. The fourth-order valence-electron chi connectivity index (χ4n) is 1.61. The highest BCUT2D eigenvalue weighted by atomic mass is 16.2. The van der Waals surface area contributed by atoms with Crippen molar-refractivity contribution in [2.75, 3.05) is 14.1 Å². The van der Waals surface area contributed by atoms with Gasteiger partial charge in [0.05, 0.1) is 11.9 Å². The van der Waals surface area contributed by atoms with Gasteiger partial charge in [0.2, 0.25) is 5.91 Å². The van der Waals surface area contributed by atoms with Gasteiger partial charge in [-0.2, -0.15) is 0 Å². The molecule has 0 saturated heterocycles. The number of carbonyl (C=O) groups is 2. The van der Waals surface area contributed by atoms with Gasteiger partial charge in [0.1, 0.15) is 5.69 Å². The Bertz CT molecular complexity index is 606. The van der Waals surface area contributed by atoms with Crippen LogP contribution in [0.3, 0.4) is 0 Å². The standard InChI is InChI=1S/C14H14N2O2/c1-16(2)14(18)9-13(17)12-8-7-10-5-3-4-6-11(10)15-12/h3-8H,9H2,1-2H3. The number of benzene rings is 1. The second-order valence-corrected chi connectivity index (χ2v) is 4.28. The van der Waals surface area contributed by atoms with Crippen molar-refractivity contribution in [3.63, 3.8) is 0 Å². The summed E-state index contributed by atoms with van der Waals surface area (Å²) in [4.78, 5) is 29.0. The second kappa shape index (κ2) is 4.96. The van der Waals surface area contributed by atoms with Crippen molar-refractivity contribution in [1.82, 2.24) is 9.88 Å². The minimum Gasteiger partial charge on any atom is -0.348 e. The number of amides is 1. The second-order valence-electron chi connectivity index (χ2n) is 4.28. The molecule has 2 aromatic rings. The predicted molar refractivity (Wildman–Crippen MR) is 69.4 cm³/mol. The highest BCUT2D eigenvalue weighted by molar-refractivity contribution is 6.06. The van der Waals surface area contributed by atoms with E-state index in [1.165, 1.54) is 4.90 Å². The molecule has 4 nitrogen and oxygen atoms in total. The van der Waals surface area contributed by atoms with E-state index in [9.17, 15) is 9.59 Å². The van der Waals surface area contributed by atoms with Crippen molar-refractivity contribution in [2.24, 2.45) is 0 Å². The maximum atomic E-state index is 11.9. The molecule has 1 amide bonds. The Labute approximate surface area is 105 Å². The van der Waals surface area contributed by atoms with E-state index >= 15 is 0 Å². The lowest BCUT2D eigenvalue weighted by atomic mass is 10.1. The van der Waals surface area contributed by atoms with Crippen LogP contribution in [0.5, 0.6) is 0 Å². The number of aromatic nitrogens is 1. The van der Waals surface area contributed by atoms with Crippen LogP contribution in [0.4, 0.5) is 0 Å². The topological polar surface area (TPSA) is 50.3 Å². The largest absolute Gasteiger partial charge is 0.348 e. The van der Waals surface area contributed by atoms with Gasteiger partial charge in [0.15, 0.2) is 5.78 Å². The normalized spacial score (nSPS) is 10.3. The monoisotopic (exact) mass is 242 g/mol. The lowest BCUT2D eigenvalue weighted by molar-refractivity contribution is -0.127. The van der Waals surface area contributed by atoms with Crippen molar-refractivity contribution < 1.29 is 9.59 Å². The van der Waals surface area contributed by atoms with E-state index in [4.69, 9.17) is 0 Å². The van der Waals surface area contributed by atoms with Crippen molar-refractivity contribution >= 4 is 22.6 Å². The molecule has 0 fully saturated rings. The molecule has 18 heavy (non-hydrogen) atoms. The van der Waals surface area contributed by atoms with Crippen molar-refractivity contribution in [3.8, 4) is 0 Å². The van der Waals surface area contributed by atoms with Gasteiger partial charge in [-0.25, -0.2) is 4.98 Å². The number of fused-ring (bicyclic) bond motifs is 1. The number of carbonyl (C=O) groups excluding carboxylic acids is 2. The van der Waals surface area contributed by atoms with E-state index in [0.29, 0.717) is 5.69 Å². The summed E-state index contributed by atoms with van der Waals surface area (Å²) in [6.45, 7) is 0. The molecule has 0 aliphatic heterocycles. The van der Waals surface area contributed by atoms with Gasteiger partial charge in [-0.15, -0.1) is 0 Å². The number of rotatable bonds is 3. The molecule has 0 aliphatic carbocycles. The van der Waals surface area contributed by atoms with E-state index in [1.807, 2.05) is 30.3 Å². The van der Waals surface area contributed by atoms with Gasteiger partial charge in [0, 0.05) is 19.5 Å². The molecule has 0 aliphatic rings. The average Bonchev–Trinajstić information content (AvgIpc) is 2.37. The predicted octanol–water partition coefficient (Wildman–Crippen LogP) is 1.90. The summed E-state index contributed by atoms with van der Waals surface area (Å²) in [6, 6.07) is 11.1. The van der Waals surface area contributed by atoms with Crippen LogP contribution in [0, 0.1) is 0 Å². The minimum absolute atomic E-state index is 0.141. The van der Waals surface area contributed by atoms with Crippen LogP contribution in [0.25, 0.3) is 10.9 Å². The Kier molecular flexibility index (Phi) is 3.37. The SMILES string of the molecule is CN(C)C(=O)CC(=O)c1ccc2ccccc2n1. The number of pyridine rings is 1. The number of para-hydroxylation sites is 1. The summed E-state index contributed by atoms with van der Waals surface area (Å²) >= 11 is 0. The summed E-state index contributed by atoms with van der Waals surface area (Å²) < 4.78 is 0. The molecule has 0 N–H and O–H groups in total. The van der Waals surface area contributed by atoms with Crippen molar-refractivity contribution in [2.45, 2.75) is 6.42 Å². The first-order chi connectivity index (χ1) is 8.58. The molecule has 0 spiro atoms. The molecular formula is C14H14N2O2. The van der Waals surface area contributed by atoms with Crippen LogP contribution in [0.1, 0.15) is 16.9 Å². The molecule has 2 rings (SSSR count). The maximum absolute atomic E-state index is 11.9. The van der Waals surface area contributed by atoms with Gasteiger partial charge < -0.3 is 4.90 Å². The molecule has 4 heteroatoms. The zero-order valence-electron chi connectivity index (χ0n) is 10.4. The molecule has 1 aromatic carbocycles. The lowest BCUT2D eigenvalue weighted by Gasteiger charge is -2.09. The Morgan fingerprint density at radius 1 is 1.11 bits per heavy atom. The summed E-state index contributed by atoms with van der Waals surface area (Å²) in [5, 5.41) is 0.980. The smallest absolute Gasteiger partial charge is 0.229 e. The molecule has 0 bridgehead atoms. The number of ketones is 1. The molecule has 0 radical (unpaired) electrons. The summed E-state index contributed by atoms with van der Waals surface area (Å²) in [5.74, 6) is -0.464. The molecule has 0 saturated carbocycles. The third kappa shape index (κ3) is 2.53. The van der Waals surface area contributed by atoms with Crippen LogP contribution in [0.2, 0.25) is 0 Å². The Morgan fingerprint density at radius 2 is 1.83 bits per heavy atom. The molecule has 92 valence electrons. The molecular weight excluding hydrogens is 228 g/mol. The van der Waals surface area contributed by atoms with Crippen molar-refractivity contribution in [3.05, 3.63) is 42.1 Å². The molecule has 0 unspecified atom stereocenters. The minimum atomic E-state index is -0.251. The first kappa shape index (κ1) is 12.2. The van der Waals surface area contributed by atoms with E-state index in [2.05, 4.69) is 4.98 Å². The third-order valence-electron chi connectivity index (χ3n) is 2.69. The molecule has 1 aromatic heterocycles. The summed E-state index contributed by atoms with van der Waals surface area (Å²) in [7, 11) is 3.26. The van der Waals surface area contributed by atoms with Gasteiger partial charge in [-0.05, 0) is 12.1 Å². The molecule has 0 atom stereocenters. The fourth-order valence-corrected chi connectivity index (χ4v) is 1.61. The number of hydrogen-bond donors (Lipinski definition) is 0. The van der Waals surface area contributed by atoms with Gasteiger partial charge >= 0.3 is 0 Å².